The molecule has 0 spiro atoms. The number of halogens is 2. The molecule has 0 radical (unpaired) electrons. The SMILES string of the molecule is N#CC1CCCCN1Cc1ccc(Br)cc1Cl. The quantitative estimate of drug-likeness (QED) is 0.826. The van der Waals surface area contributed by atoms with Gasteiger partial charge < -0.3 is 0 Å². The van der Waals surface area contributed by atoms with Gasteiger partial charge in [0.15, 0.2) is 0 Å². The van der Waals surface area contributed by atoms with E-state index in [1.54, 1.807) is 0 Å². The summed E-state index contributed by atoms with van der Waals surface area (Å²) in [6.45, 7) is 1.76. The molecule has 1 aromatic rings. The molecule has 2 rings (SSSR count). The molecule has 1 aliphatic rings. The van der Waals surface area contributed by atoms with Crippen LogP contribution in [0.3, 0.4) is 0 Å². The minimum atomic E-state index is 0.0449. The smallest absolute Gasteiger partial charge is 0.0980 e. The van der Waals surface area contributed by atoms with Crippen molar-refractivity contribution in [2.24, 2.45) is 0 Å². The van der Waals surface area contributed by atoms with Crippen molar-refractivity contribution in [1.29, 1.82) is 5.26 Å². The summed E-state index contributed by atoms with van der Waals surface area (Å²) in [6, 6.07) is 8.34. The number of hydrogen-bond donors (Lipinski definition) is 0. The Hall–Kier alpha value is -0.560. The second kappa shape index (κ2) is 5.86. The van der Waals surface area contributed by atoms with E-state index < -0.39 is 0 Å². The van der Waals surface area contributed by atoms with Crippen molar-refractivity contribution in [1.82, 2.24) is 4.90 Å². The van der Waals surface area contributed by atoms with Crippen molar-refractivity contribution in [3.05, 3.63) is 33.3 Å². The zero-order valence-electron chi connectivity index (χ0n) is 9.50. The molecule has 17 heavy (non-hydrogen) atoms. The number of benzene rings is 1. The Morgan fingerprint density at radius 2 is 2.29 bits per heavy atom. The van der Waals surface area contributed by atoms with Gasteiger partial charge in [-0.05, 0) is 43.5 Å². The molecule has 0 aliphatic carbocycles. The maximum Gasteiger partial charge on any atom is 0.0980 e. The first-order valence-corrected chi connectivity index (χ1v) is 6.95. The van der Waals surface area contributed by atoms with E-state index >= 15 is 0 Å². The van der Waals surface area contributed by atoms with Crippen molar-refractivity contribution in [3.63, 3.8) is 0 Å². The van der Waals surface area contributed by atoms with Crippen LogP contribution in [0.15, 0.2) is 22.7 Å². The van der Waals surface area contributed by atoms with Gasteiger partial charge in [0.25, 0.3) is 0 Å². The highest BCUT2D eigenvalue weighted by Gasteiger charge is 2.22. The molecular weight excluding hydrogens is 300 g/mol. The number of hydrogen-bond acceptors (Lipinski definition) is 2. The van der Waals surface area contributed by atoms with Crippen LogP contribution in [-0.4, -0.2) is 17.5 Å². The number of nitrogens with zero attached hydrogens (tertiary/aromatic N) is 2. The maximum absolute atomic E-state index is 9.12. The van der Waals surface area contributed by atoms with Crippen LogP contribution in [0.5, 0.6) is 0 Å². The lowest BCUT2D eigenvalue weighted by Gasteiger charge is -2.31. The fourth-order valence-corrected chi connectivity index (χ4v) is 2.93. The molecule has 0 aromatic heterocycles. The number of piperidine rings is 1. The average Bonchev–Trinajstić information content (AvgIpc) is 2.33. The third-order valence-electron chi connectivity index (χ3n) is 3.15. The van der Waals surface area contributed by atoms with E-state index in [2.05, 4.69) is 26.9 Å². The Balaban J connectivity index is 2.11. The third kappa shape index (κ3) is 3.22. The monoisotopic (exact) mass is 312 g/mol. The van der Waals surface area contributed by atoms with E-state index in [9.17, 15) is 0 Å². The molecule has 0 bridgehead atoms. The molecule has 1 fully saturated rings. The largest absolute Gasteiger partial charge is 0.284 e. The fourth-order valence-electron chi connectivity index (χ4n) is 2.20. The van der Waals surface area contributed by atoms with E-state index in [0.717, 1.165) is 41.0 Å². The summed E-state index contributed by atoms with van der Waals surface area (Å²) >= 11 is 9.60. The van der Waals surface area contributed by atoms with Crippen molar-refractivity contribution < 1.29 is 0 Å². The van der Waals surface area contributed by atoms with Crippen LogP contribution in [0, 0.1) is 11.3 Å². The highest BCUT2D eigenvalue weighted by Crippen LogP contribution is 2.25. The first-order chi connectivity index (χ1) is 8.20. The topological polar surface area (TPSA) is 27.0 Å². The Morgan fingerprint density at radius 3 is 3.00 bits per heavy atom. The van der Waals surface area contributed by atoms with Crippen molar-refractivity contribution in [3.8, 4) is 6.07 Å². The van der Waals surface area contributed by atoms with Crippen LogP contribution in [0.2, 0.25) is 5.02 Å². The highest BCUT2D eigenvalue weighted by molar-refractivity contribution is 9.10. The average molecular weight is 314 g/mol. The van der Waals surface area contributed by atoms with Crippen molar-refractivity contribution in [2.75, 3.05) is 6.54 Å². The number of likely N-dealkylation sites (tertiary alicyclic amines) is 1. The summed E-state index contributed by atoms with van der Waals surface area (Å²) in [5, 5.41) is 9.89. The highest BCUT2D eigenvalue weighted by atomic mass is 79.9. The molecule has 0 amide bonds. The molecule has 1 heterocycles. The van der Waals surface area contributed by atoms with Crippen molar-refractivity contribution in [2.45, 2.75) is 31.8 Å². The van der Waals surface area contributed by atoms with Gasteiger partial charge in [-0.2, -0.15) is 5.26 Å². The summed E-state index contributed by atoms with van der Waals surface area (Å²) < 4.78 is 0.988. The number of nitriles is 1. The summed E-state index contributed by atoms with van der Waals surface area (Å²) in [4.78, 5) is 2.22. The van der Waals surface area contributed by atoms with E-state index in [4.69, 9.17) is 16.9 Å². The first-order valence-electron chi connectivity index (χ1n) is 5.78. The normalized spacial score (nSPS) is 21.1. The van der Waals surface area contributed by atoms with Crippen LogP contribution < -0.4 is 0 Å². The Bertz CT molecular complexity index is 442. The van der Waals surface area contributed by atoms with Crippen LogP contribution >= 0.6 is 27.5 Å². The van der Waals surface area contributed by atoms with Crippen molar-refractivity contribution >= 4 is 27.5 Å². The van der Waals surface area contributed by atoms with Crippen LogP contribution in [-0.2, 0) is 6.54 Å². The standard InChI is InChI=1S/C13H14BrClN2/c14-11-5-4-10(13(15)7-11)9-17-6-2-1-3-12(17)8-16/h4-5,7,12H,1-3,6,9H2. The molecule has 1 atom stereocenters. The van der Waals surface area contributed by atoms with E-state index in [1.807, 2.05) is 18.2 Å². The predicted octanol–water partition coefficient (Wildman–Crippen LogP) is 3.98. The molecule has 1 aromatic carbocycles. The summed E-state index contributed by atoms with van der Waals surface area (Å²) in [5.41, 5.74) is 1.09. The predicted molar refractivity (Wildman–Crippen MR) is 72.8 cm³/mol. The molecule has 4 heteroatoms. The maximum atomic E-state index is 9.12. The van der Waals surface area contributed by atoms with Gasteiger partial charge in [0.05, 0.1) is 12.1 Å². The Morgan fingerprint density at radius 1 is 1.47 bits per heavy atom. The zero-order chi connectivity index (χ0) is 12.3. The minimum Gasteiger partial charge on any atom is -0.284 e. The summed E-state index contributed by atoms with van der Waals surface area (Å²) in [6.07, 6.45) is 3.31. The van der Waals surface area contributed by atoms with Gasteiger partial charge in [0, 0.05) is 16.0 Å². The van der Waals surface area contributed by atoms with E-state index in [1.165, 1.54) is 6.42 Å². The van der Waals surface area contributed by atoms with Gasteiger partial charge in [-0.25, -0.2) is 0 Å². The second-order valence-electron chi connectivity index (χ2n) is 4.35. The van der Waals surface area contributed by atoms with E-state index in [-0.39, 0.29) is 6.04 Å². The zero-order valence-corrected chi connectivity index (χ0v) is 11.8. The lowest BCUT2D eigenvalue weighted by atomic mass is 10.0. The first kappa shape index (κ1) is 12.9. The van der Waals surface area contributed by atoms with Crippen LogP contribution in [0.4, 0.5) is 0 Å². The Labute approximate surface area is 115 Å². The molecular formula is C13H14BrClN2. The summed E-state index contributed by atoms with van der Waals surface area (Å²) in [5.74, 6) is 0. The second-order valence-corrected chi connectivity index (χ2v) is 5.67. The van der Waals surface area contributed by atoms with Gasteiger partial charge in [0.2, 0.25) is 0 Å². The minimum absolute atomic E-state index is 0.0449. The molecule has 0 saturated carbocycles. The van der Waals surface area contributed by atoms with Crippen LogP contribution in [0.1, 0.15) is 24.8 Å². The lowest BCUT2D eigenvalue weighted by molar-refractivity contribution is 0.176. The number of rotatable bonds is 2. The molecule has 1 saturated heterocycles. The Kier molecular flexibility index (Phi) is 4.44. The summed E-state index contributed by atoms with van der Waals surface area (Å²) in [7, 11) is 0. The molecule has 1 unspecified atom stereocenters. The molecule has 0 N–H and O–H groups in total. The molecule has 2 nitrogen and oxygen atoms in total. The van der Waals surface area contributed by atoms with Gasteiger partial charge in [-0.3, -0.25) is 4.90 Å². The van der Waals surface area contributed by atoms with Gasteiger partial charge in [-0.15, -0.1) is 0 Å². The van der Waals surface area contributed by atoms with E-state index in [0.29, 0.717) is 0 Å². The van der Waals surface area contributed by atoms with Gasteiger partial charge >= 0.3 is 0 Å². The van der Waals surface area contributed by atoms with Gasteiger partial charge in [-0.1, -0.05) is 33.6 Å². The third-order valence-corrected chi connectivity index (χ3v) is 4.00. The van der Waals surface area contributed by atoms with Gasteiger partial charge in [0.1, 0.15) is 0 Å². The lowest BCUT2D eigenvalue weighted by Crippen LogP contribution is -2.37. The molecule has 1 aliphatic heterocycles. The molecule has 90 valence electrons. The fraction of sp³-hybridized carbons (Fsp3) is 0.462. The van der Waals surface area contributed by atoms with Crippen LogP contribution in [0.25, 0.3) is 0 Å².